The molecule has 24 heavy (non-hydrogen) atoms. The van der Waals surface area contributed by atoms with Crippen LogP contribution in [0, 0.1) is 0 Å². The molecular formula is C16H20ClN5OS. The van der Waals surface area contributed by atoms with Crippen molar-refractivity contribution in [3.63, 3.8) is 0 Å². The molecule has 1 aromatic carbocycles. The summed E-state index contributed by atoms with van der Waals surface area (Å²) in [5.74, 6) is 0.218. The van der Waals surface area contributed by atoms with Gasteiger partial charge in [-0.05, 0) is 41.8 Å². The van der Waals surface area contributed by atoms with Crippen LogP contribution >= 0.6 is 23.4 Å². The third kappa shape index (κ3) is 4.08. The topological polar surface area (TPSA) is 72.7 Å². The molecule has 3 rings (SSSR count). The molecule has 1 atom stereocenters. The first kappa shape index (κ1) is 17.2. The van der Waals surface area contributed by atoms with Crippen LogP contribution < -0.4 is 5.32 Å². The van der Waals surface area contributed by atoms with Gasteiger partial charge in [0.2, 0.25) is 11.1 Å². The Hall–Kier alpha value is -1.60. The minimum absolute atomic E-state index is 0.0617. The molecule has 0 saturated heterocycles. The maximum Gasteiger partial charge on any atom is 0.230 e. The van der Waals surface area contributed by atoms with E-state index in [1.54, 1.807) is 0 Å². The van der Waals surface area contributed by atoms with Gasteiger partial charge in [-0.3, -0.25) is 4.79 Å². The Balaban J connectivity index is 1.55. The number of amides is 1. The number of halogens is 1. The highest BCUT2D eigenvalue weighted by molar-refractivity contribution is 7.99. The predicted octanol–water partition coefficient (Wildman–Crippen LogP) is 3.41. The molecule has 0 spiro atoms. The van der Waals surface area contributed by atoms with Crippen molar-refractivity contribution in [2.45, 2.75) is 49.8 Å². The summed E-state index contributed by atoms with van der Waals surface area (Å²) in [4.78, 5) is 12.2. The maximum atomic E-state index is 12.2. The Labute approximate surface area is 150 Å². The lowest BCUT2D eigenvalue weighted by atomic mass is 10.1. The van der Waals surface area contributed by atoms with Gasteiger partial charge in [-0.25, -0.2) is 4.68 Å². The average Bonchev–Trinajstić information content (AvgIpc) is 3.24. The van der Waals surface area contributed by atoms with E-state index in [4.69, 9.17) is 11.6 Å². The molecule has 1 heterocycles. The van der Waals surface area contributed by atoms with Crippen molar-refractivity contribution in [3.8, 4) is 0 Å². The third-order valence-corrected chi connectivity index (χ3v) is 5.49. The first-order chi connectivity index (χ1) is 11.6. The number of nitrogens with one attached hydrogen (secondary N) is 1. The van der Waals surface area contributed by atoms with E-state index in [1.807, 2.05) is 35.9 Å². The van der Waals surface area contributed by atoms with Crippen molar-refractivity contribution >= 4 is 29.3 Å². The summed E-state index contributed by atoms with van der Waals surface area (Å²) in [7, 11) is 0. The monoisotopic (exact) mass is 365 g/mol. The molecule has 0 bridgehead atoms. The lowest BCUT2D eigenvalue weighted by Crippen LogP contribution is -2.28. The Morgan fingerprint density at radius 3 is 2.92 bits per heavy atom. The average molecular weight is 366 g/mol. The lowest BCUT2D eigenvalue weighted by molar-refractivity contribution is -0.119. The normalized spacial score (nSPS) is 16.2. The van der Waals surface area contributed by atoms with Crippen molar-refractivity contribution < 1.29 is 4.79 Å². The van der Waals surface area contributed by atoms with Crippen LogP contribution in [0.2, 0.25) is 5.02 Å². The molecule has 1 amide bonds. The van der Waals surface area contributed by atoms with Crippen molar-refractivity contribution in [1.82, 2.24) is 25.5 Å². The Morgan fingerprint density at radius 2 is 2.17 bits per heavy atom. The van der Waals surface area contributed by atoms with Crippen LogP contribution in [0.4, 0.5) is 0 Å². The zero-order valence-corrected chi connectivity index (χ0v) is 15.1. The van der Waals surface area contributed by atoms with Crippen molar-refractivity contribution in [1.29, 1.82) is 0 Å². The lowest BCUT2D eigenvalue weighted by Gasteiger charge is -2.15. The van der Waals surface area contributed by atoms with Crippen LogP contribution in [-0.2, 0) is 4.79 Å². The van der Waals surface area contributed by atoms with Gasteiger partial charge in [0.25, 0.3) is 0 Å². The van der Waals surface area contributed by atoms with E-state index in [2.05, 4.69) is 20.8 Å². The number of carbonyl (C=O) groups excluding carboxylic acids is 1. The number of nitrogens with zero attached hydrogens (tertiary/aromatic N) is 4. The summed E-state index contributed by atoms with van der Waals surface area (Å²) in [5.41, 5.74) is 0.910. The van der Waals surface area contributed by atoms with E-state index in [9.17, 15) is 4.79 Å². The first-order valence-corrected chi connectivity index (χ1v) is 9.46. The summed E-state index contributed by atoms with van der Waals surface area (Å²) in [6.45, 7) is 1.92. The van der Waals surface area contributed by atoms with E-state index < -0.39 is 0 Å². The van der Waals surface area contributed by atoms with Gasteiger partial charge in [0, 0.05) is 5.02 Å². The van der Waals surface area contributed by atoms with Crippen LogP contribution in [0.5, 0.6) is 0 Å². The second-order valence-corrected chi connectivity index (χ2v) is 7.29. The Bertz CT molecular complexity index is 701. The number of thioether (sulfide) groups is 1. The van der Waals surface area contributed by atoms with Gasteiger partial charge in [-0.2, -0.15) is 0 Å². The van der Waals surface area contributed by atoms with Crippen LogP contribution in [0.3, 0.4) is 0 Å². The van der Waals surface area contributed by atoms with Crippen molar-refractivity contribution in [3.05, 3.63) is 34.9 Å². The highest BCUT2D eigenvalue weighted by Crippen LogP contribution is 2.31. The maximum absolute atomic E-state index is 12.2. The molecule has 0 radical (unpaired) electrons. The highest BCUT2D eigenvalue weighted by Gasteiger charge is 2.22. The largest absolute Gasteiger partial charge is 0.349 e. The van der Waals surface area contributed by atoms with E-state index in [0.717, 1.165) is 18.4 Å². The van der Waals surface area contributed by atoms with E-state index in [1.165, 1.54) is 24.6 Å². The molecular weight excluding hydrogens is 346 g/mol. The summed E-state index contributed by atoms with van der Waals surface area (Å²) >= 11 is 7.54. The number of benzene rings is 1. The molecule has 1 aromatic heterocycles. The fraction of sp³-hybridized carbons (Fsp3) is 0.500. The second-order valence-electron chi connectivity index (χ2n) is 5.94. The SMILES string of the molecule is CC(NC(=O)CSc1nnnn1C1CCCC1)c1ccccc1Cl. The van der Waals surface area contributed by atoms with E-state index in [-0.39, 0.29) is 17.7 Å². The molecule has 8 heteroatoms. The van der Waals surface area contributed by atoms with Crippen LogP contribution in [0.1, 0.15) is 50.3 Å². The molecule has 1 unspecified atom stereocenters. The third-order valence-electron chi connectivity index (χ3n) is 4.21. The van der Waals surface area contributed by atoms with Gasteiger partial charge >= 0.3 is 0 Å². The van der Waals surface area contributed by atoms with Crippen LogP contribution in [-0.4, -0.2) is 31.9 Å². The van der Waals surface area contributed by atoms with Gasteiger partial charge in [0.05, 0.1) is 17.8 Å². The van der Waals surface area contributed by atoms with Crippen LogP contribution in [0.25, 0.3) is 0 Å². The number of hydrogen-bond donors (Lipinski definition) is 1. The second kappa shape index (κ2) is 7.98. The van der Waals surface area contributed by atoms with E-state index >= 15 is 0 Å². The van der Waals surface area contributed by atoms with Crippen molar-refractivity contribution in [2.75, 3.05) is 5.75 Å². The number of aromatic nitrogens is 4. The minimum atomic E-state index is -0.141. The van der Waals surface area contributed by atoms with Gasteiger partial charge in [0.15, 0.2) is 0 Å². The van der Waals surface area contributed by atoms with Gasteiger partial charge in [-0.15, -0.1) is 5.10 Å². The van der Waals surface area contributed by atoms with Crippen molar-refractivity contribution in [2.24, 2.45) is 0 Å². The highest BCUT2D eigenvalue weighted by atomic mass is 35.5. The molecule has 1 N–H and O–H groups in total. The van der Waals surface area contributed by atoms with Gasteiger partial charge in [-0.1, -0.05) is 54.4 Å². The molecule has 1 fully saturated rings. The zero-order chi connectivity index (χ0) is 16.9. The number of hydrogen-bond acceptors (Lipinski definition) is 5. The van der Waals surface area contributed by atoms with E-state index in [0.29, 0.717) is 16.2 Å². The predicted molar refractivity (Wildman–Crippen MR) is 94.1 cm³/mol. The van der Waals surface area contributed by atoms with Crippen LogP contribution in [0.15, 0.2) is 29.4 Å². The number of rotatable bonds is 6. The quantitative estimate of drug-likeness (QED) is 0.794. The molecule has 1 aliphatic rings. The molecule has 6 nitrogen and oxygen atoms in total. The zero-order valence-electron chi connectivity index (χ0n) is 13.5. The smallest absolute Gasteiger partial charge is 0.230 e. The molecule has 1 saturated carbocycles. The summed E-state index contributed by atoms with van der Waals surface area (Å²) in [6.07, 6.45) is 4.64. The fourth-order valence-corrected chi connectivity index (χ4v) is 4.03. The standard InChI is InChI=1S/C16H20ClN5OS/c1-11(13-8-4-5-9-14(13)17)18-15(23)10-24-16-19-20-21-22(16)12-6-2-3-7-12/h4-5,8-9,11-12H,2-3,6-7,10H2,1H3,(H,18,23). The summed E-state index contributed by atoms with van der Waals surface area (Å²) in [5, 5.41) is 16.2. The summed E-state index contributed by atoms with van der Waals surface area (Å²) in [6, 6.07) is 7.75. The Morgan fingerprint density at radius 1 is 1.42 bits per heavy atom. The molecule has 2 aromatic rings. The first-order valence-electron chi connectivity index (χ1n) is 8.09. The number of tetrazole rings is 1. The minimum Gasteiger partial charge on any atom is -0.349 e. The fourth-order valence-electron chi connectivity index (χ4n) is 2.98. The van der Waals surface area contributed by atoms with Gasteiger partial charge in [0.1, 0.15) is 0 Å². The summed E-state index contributed by atoms with van der Waals surface area (Å²) < 4.78 is 1.86. The molecule has 0 aliphatic heterocycles. The molecule has 1 aliphatic carbocycles. The number of carbonyl (C=O) groups is 1. The van der Waals surface area contributed by atoms with Gasteiger partial charge < -0.3 is 5.32 Å². The molecule has 128 valence electrons. The Kier molecular flexibility index (Phi) is 5.73.